The van der Waals surface area contributed by atoms with E-state index in [1.165, 1.54) is 4.88 Å². The third kappa shape index (κ3) is 2.64. The highest BCUT2D eigenvalue weighted by atomic mass is 32.1. The number of nitrogens with two attached hydrogens (primary N) is 1. The molecule has 2 aliphatic carbocycles. The van der Waals surface area contributed by atoms with Gasteiger partial charge in [0.2, 0.25) is 5.91 Å². The van der Waals surface area contributed by atoms with E-state index >= 15 is 0 Å². The van der Waals surface area contributed by atoms with Gasteiger partial charge in [-0.25, -0.2) is 0 Å². The lowest BCUT2D eigenvalue weighted by atomic mass is 9.83. The first-order valence-electron chi connectivity index (χ1n) is 7.49. The molecule has 1 aromatic heterocycles. The monoisotopic (exact) mass is 307 g/mol. The Bertz CT molecular complexity index is 531. The van der Waals surface area contributed by atoms with E-state index in [1.54, 1.807) is 11.3 Å². The van der Waals surface area contributed by atoms with Crippen molar-refractivity contribution in [3.63, 3.8) is 0 Å². The molecule has 0 bridgehead atoms. The van der Waals surface area contributed by atoms with Crippen molar-refractivity contribution < 1.29 is 10.0 Å². The summed E-state index contributed by atoms with van der Waals surface area (Å²) < 4.78 is 0. The van der Waals surface area contributed by atoms with E-state index in [4.69, 9.17) is 10.9 Å². The van der Waals surface area contributed by atoms with Crippen molar-refractivity contribution in [3.8, 4) is 0 Å². The van der Waals surface area contributed by atoms with Crippen molar-refractivity contribution in [2.75, 3.05) is 0 Å². The van der Waals surface area contributed by atoms with Crippen LogP contribution in [0.5, 0.6) is 0 Å². The zero-order valence-electron chi connectivity index (χ0n) is 12.0. The van der Waals surface area contributed by atoms with Gasteiger partial charge in [0.05, 0.1) is 6.54 Å². The Morgan fingerprint density at radius 2 is 2.19 bits per heavy atom. The number of oxime groups is 1. The summed E-state index contributed by atoms with van der Waals surface area (Å²) in [5.41, 5.74) is 5.12. The molecular formula is C15H21N3O2S. The average molecular weight is 307 g/mol. The smallest absolute Gasteiger partial charge is 0.237 e. The van der Waals surface area contributed by atoms with Crippen molar-refractivity contribution in [2.45, 2.75) is 51.1 Å². The first-order valence-corrected chi connectivity index (χ1v) is 8.37. The molecule has 0 saturated heterocycles. The second kappa shape index (κ2) is 5.67. The molecule has 0 radical (unpaired) electrons. The van der Waals surface area contributed by atoms with E-state index in [1.807, 2.05) is 16.3 Å². The largest absolute Gasteiger partial charge is 0.409 e. The molecule has 1 amide bonds. The number of amidine groups is 1. The van der Waals surface area contributed by atoms with Crippen LogP contribution < -0.4 is 5.73 Å². The molecule has 114 valence electrons. The number of carbonyl (C=O) groups is 1. The fraction of sp³-hybridized carbons (Fsp3) is 0.600. The minimum absolute atomic E-state index is 0.0474. The molecule has 0 unspecified atom stereocenters. The first-order chi connectivity index (χ1) is 10.2. The predicted octanol–water partition coefficient (Wildman–Crippen LogP) is 2.55. The van der Waals surface area contributed by atoms with Crippen LogP contribution in [0.4, 0.5) is 0 Å². The molecule has 6 heteroatoms. The maximum atomic E-state index is 13.1. The highest BCUT2D eigenvalue weighted by molar-refractivity contribution is 7.09. The summed E-state index contributed by atoms with van der Waals surface area (Å²) in [6.07, 6.45) is 5.41. The molecular weight excluding hydrogens is 286 g/mol. The van der Waals surface area contributed by atoms with Gasteiger partial charge in [0, 0.05) is 10.9 Å². The Balaban J connectivity index is 1.85. The lowest BCUT2D eigenvalue weighted by Gasteiger charge is -2.33. The van der Waals surface area contributed by atoms with Crippen LogP contribution in [0, 0.1) is 5.41 Å². The zero-order chi connectivity index (χ0) is 14.9. The summed E-state index contributed by atoms with van der Waals surface area (Å²) in [7, 11) is 0. The van der Waals surface area contributed by atoms with Gasteiger partial charge in [0.25, 0.3) is 0 Å². The molecule has 2 aliphatic rings. The van der Waals surface area contributed by atoms with Crippen molar-refractivity contribution in [1.82, 2.24) is 4.90 Å². The molecule has 2 fully saturated rings. The number of amides is 1. The first kappa shape index (κ1) is 14.4. The van der Waals surface area contributed by atoms with E-state index in [-0.39, 0.29) is 11.7 Å². The topological polar surface area (TPSA) is 78.9 Å². The van der Waals surface area contributed by atoms with E-state index in [0.29, 0.717) is 25.4 Å². The van der Waals surface area contributed by atoms with E-state index in [2.05, 4.69) is 11.2 Å². The third-order valence-corrected chi connectivity index (χ3v) is 5.48. The average Bonchev–Trinajstić information content (AvgIpc) is 3.02. The Morgan fingerprint density at radius 1 is 1.48 bits per heavy atom. The highest BCUT2D eigenvalue weighted by Crippen LogP contribution is 2.43. The molecule has 5 nitrogen and oxygen atoms in total. The number of carbonyl (C=O) groups excluding carboxylic acids is 1. The molecule has 21 heavy (non-hydrogen) atoms. The van der Waals surface area contributed by atoms with Gasteiger partial charge < -0.3 is 15.8 Å². The number of thiophene rings is 1. The minimum Gasteiger partial charge on any atom is -0.409 e. The summed E-state index contributed by atoms with van der Waals surface area (Å²) >= 11 is 1.66. The fourth-order valence-corrected chi connectivity index (χ4v) is 3.95. The lowest BCUT2D eigenvalue weighted by Crippen LogP contribution is -2.50. The summed E-state index contributed by atoms with van der Waals surface area (Å²) in [5, 5.41) is 14.3. The molecule has 0 aliphatic heterocycles. The van der Waals surface area contributed by atoms with Crippen LogP contribution >= 0.6 is 11.3 Å². The zero-order valence-corrected chi connectivity index (χ0v) is 12.8. The molecule has 1 heterocycles. The van der Waals surface area contributed by atoms with Gasteiger partial charge in [0.1, 0.15) is 5.41 Å². The quantitative estimate of drug-likeness (QED) is 0.380. The standard InChI is InChI=1S/C15H21N3O2S/c16-13(17-20)15(7-1-2-8-15)14(19)18(11-5-6-11)10-12-4-3-9-21-12/h3-4,9,11,20H,1-2,5-8,10H2,(H2,16,17). The molecule has 0 spiro atoms. The molecule has 1 aromatic rings. The van der Waals surface area contributed by atoms with Crippen LogP contribution in [0.15, 0.2) is 22.7 Å². The lowest BCUT2D eigenvalue weighted by molar-refractivity contribution is -0.139. The summed E-state index contributed by atoms with van der Waals surface area (Å²) in [6, 6.07) is 4.38. The number of hydrogen-bond donors (Lipinski definition) is 2. The Kier molecular flexibility index (Phi) is 3.89. The van der Waals surface area contributed by atoms with Gasteiger partial charge in [-0.15, -0.1) is 11.3 Å². The molecule has 0 aromatic carbocycles. The Hall–Kier alpha value is -1.56. The van der Waals surface area contributed by atoms with Gasteiger partial charge in [-0.05, 0) is 37.1 Å². The van der Waals surface area contributed by atoms with Gasteiger partial charge >= 0.3 is 0 Å². The minimum atomic E-state index is -0.783. The normalized spacial score (nSPS) is 21.4. The number of hydrogen-bond acceptors (Lipinski definition) is 4. The van der Waals surface area contributed by atoms with Gasteiger partial charge in [-0.3, -0.25) is 4.79 Å². The van der Waals surface area contributed by atoms with Crippen LogP contribution in [0.3, 0.4) is 0 Å². The highest BCUT2D eigenvalue weighted by Gasteiger charge is 2.50. The van der Waals surface area contributed by atoms with Crippen molar-refractivity contribution in [3.05, 3.63) is 22.4 Å². The van der Waals surface area contributed by atoms with Crippen molar-refractivity contribution in [1.29, 1.82) is 0 Å². The third-order valence-electron chi connectivity index (χ3n) is 4.62. The van der Waals surface area contributed by atoms with E-state index in [9.17, 15) is 4.79 Å². The summed E-state index contributed by atoms with van der Waals surface area (Å²) in [5.74, 6) is 0.132. The van der Waals surface area contributed by atoms with Gasteiger partial charge in [0.15, 0.2) is 5.84 Å². The fourth-order valence-electron chi connectivity index (χ4n) is 3.25. The summed E-state index contributed by atoms with van der Waals surface area (Å²) in [4.78, 5) is 16.3. The Labute approximate surface area is 128 Å². The molecule has 2 saturated carbocycles. The van der Waals surface area contributed by atoms with Crippen LogP contribution in [0.25, 0.3) is 0 Å². The number of rotatable bonds is 5. The molecule has 3 N–H and O–H groups in total. The van der Waals surface area contributed by atoms with Gasteiger partial charge in [-0.1, -0.05) is 24.1 Å². The maximum absolute atomic E-state index is 13.1. The maximum Gasteiger partial charge on any atom is 0.237 e. The second-order valence-corrected chi connectivity index (χ2v) is 7.05. The predicted molar refractivity (Wildman–Crippen MR) is 82.2 cm³/mol. The van der Waals surface area contributed by atoms with Gasteiger partial charge in [-0.2, -0.15) is 0 Å². The SMILES string of the molecule is NC(=NO)C1(C(=O)N(Cc2cccs2)C2CC2)CCCC1. The second-order valence-electron chi connectivity index (χ2n) is 6.02. The van der Waals surface area contributed by atoms with Crippen LogP contribution in [-0.2, 0) is 11.3 Å². The van der Waals surface area contributed by atoms with E-state index < -0.39 is 5.41 Å². The Morgan fingerprint density at radius 3 is 2.71 bits per heavy atom. The summed E-state index contributed by atoms with van der Waals surface area (Å²) in [6.45, 7) is 0.641. The number of nitrogens with zero attached hydrogens (tertiary/aromatic N) is 2. The van der Waals surface area contributed by atoms with Crippen LogP contribution in [0.2, 0.25) is 0 Å². The van der Waals surface area contributed by atoms with Crippen molar-refractivity contribution in [2.24, 2.45) is 16.3 Å². The van der Waals surface area contributed by atoms with E-state index in [0.717, 1.165) is 25.7 Å². The van der Waals surface area contributed by atoms with Crippen LogP contribution in [-0.4, -0.2) is 27.9 Å². The molecule has 0 atom stereocenters. The van der Waals surface area contributed by atoms with Crippen LogP contribution in [0.1, 0.15) is 43.4 Å². The molecule has 3 rings (SSSR count). The van der Waals surface area contributed by atoms with Crippen molar-refractivity contribution >= 4 is 23.1 Å².